The van der Waals surface area contributed by atoms with Gasteiger partial charge in [-0.2, -0.15) is 0 Å². The van der Waals surface area contributed by atoms with Crippen molar-refractivity contribution in [3.63, 3.8) is 0 Å². The largest absolute Gasteiger partial charge is 0.369 e. The number of anilines is 1. The van der Waals surface area contributed by atoms with Crippen LogP contribution in [-0.2, 0) is 0 Å². The minimum absolute atomic E-state index is 0.405. The second-order valence-corrected chi connectivity index (χ2v) is 6.44. The Kier molecular flexibility index (Phi) is 5.28. The van der Waals surface area contributed by atoms with Crippen LogP contribution < -0.4 is 10.2 Å². The number of rotatable bonds is 4. The molecule has 2 atom stereocenters. The maximum atomic E-state index is 3.62. The molecule has 1 fully saturated rings. The Labute approximate surface area is 125 Å². The molecule has 0 aliphatic carbocycles. The minimum atomic E-state index is 0.405. The maximum Gasteiger partial charge on any atom is 0.0428 e. The van der Waals surface area contributed by atoms with E-state index in [4.69, 9.17) is 0 Å². The van der Waals surface area contributed by atoms with Gasteiger partial charge in [-0.05, 0) is 57.4 Å². The zero-order valence-electron chi connectivity index (χ0n) is 12.2. The Morgan fingerprint density at radius 2 is 2.21 bits per heavy atom. The standard InChI is InChI=1S/C16H25BrN2/c1-4-18-13(3)15-9-8-14(17)11-16(15)19-10-6-5-7-12(19)2/h8-9,11-13,18H,4-7,10H2,1-3H3. The van der Waals surface area contributed by atoms with Crippen molar-refractivity contribution in [3.8, 4) is 0 Å². The van der Waals surface area contributed by atoms with Crippen molar-refractivity contribution in [1.82, 2.24) is 5.32 Å². The molecule has 1 aliphatic rings. The van der Waals surface area contributed by atoms with Gasteiger partial charge in [0.25, 0.3) is 0 Å². The molecule has 19 heavy (non-hydrogen) atoms. The average molecular weight is 325 g/mol. The van der Waals surface area contributed by atoms with E-state index in [-0.39, 0.29) is 0 Å². The first-order chi connectivity index (χ1) is 9.13. The van der Waals surface area contributed by atoms with Crippen LogP contribution in [0.15, 0.2) is 22.7 Å². The summed E-state index contributed by atoms with van der Waals surface area (Å²) in [5.41, 5.74) is 2.81. The topological polar surface area (TPSA) is 15.3 Å². The summed E-state index contributed by atoms with van der Waals surface area (Å²) in [5.74, 6) is 0. The summed E-state index contributed by atoms with van der Waals surface area (Å²) >= 11 is 3.62. The predicted octanol–water partition coefficient (Wildman–Crippen LogP) is 4.50. The zero-order valence-corrected chi connectivity index (χ0v) is 13.8. The van der Waals surface area contributed by atoms with Gasteiger partial charge >= 0.3 is 0 Å². The molecular weight excluding hydrogens is 300 g/mol. The number of piperidine rings is 1. The second kappa shape index (κ2) is 6.76. The van der Waals surface area contributed by atoms with Gasteiger partial charge in [-0.15, -0.1) is 0 Å². The molecule has 3 heteroatoms. The van der Waals surface area contributed by atoms with Gasteiger partial charge in [0.1, 0.15) is 0 Å². The molecule has 1 saturated heterocycles. The summed E-state index contributed by atoms with van der Waals surface area (Å²) in [4.78, 5) is 2.58. The van der Waals surface area contributed by atoms with E-state index in [1.165, 1.54) is 41.5 Å². The number of nitrogens with zero attached hydrogens (tertiary/aromatic N) is 1. The highest BCUT2D eigenvalue weighted by molar-refractivity contribution is 9.10. The molecule has 1 aromatic carbocycles. The van der Waals surface area contributed by atoms with E-state index < -0.39 is 0 Å². The van der Waals surface area contributed by atoms with Crippen molar-refractivity contribution >= 4 is 21.6 Å². The average Bonchev–Trinajstić information content (AvgIpc) is 2.39. The van der Waals surface area contributed by atoms with Gasteiger partial charge in [0, 0.05) is 28.8 Å². The zero-order chi connectivity index (χ0) is 13.8. The highest BCUT2D eigenvalue weighted by atomic mass is 79.9. The Bertz CT molecular complexity index is 419. The van der Waals surface area contributed by atoms with Crippen molar-refractivity contribution < 1.29 is 0 Å². The quantitative estimate of drug-likeness (QED) is 0.877. The molecule has 2 nitrogen and oxygen atoms in total. The fourth-order valence-corrected chi connectivity index (χ4v) is 3.35. The maximum absolute atomic E-state index is 3.62. The van der Waals surface area contributed by atoms with E-state index in [2.05, 4.69) is 65.1 Å². The van der Waals surface area contributed by atoms with Crippen LogP contribution in [0, 0.1) is 0 Å². The molecular formula is C16H25BrN2. The Hall–Kier alpha value is -0.540. The van der Waals surface area contributed by atoms with Crippen LogP contribution in [0.25, 0.3) is 0 Å². The Morgan fingerprint density at radius 1 is 1.42 bits per heavy atom. The van der Waals surface area contributed by atoms with Gasteiger partial charge < -0.3 is 10.2 Å². The molecule has 0 spiro atoms. The molecule has 1 N–H and O–H groups in total. The number of halogens is 1. The second-order valence-electron chi connectivity index (χ2n) is 5.52. The number of nitrogens with one attached hydrogen (secondary N) is 1. The van der Waals surface area contributed by atoms with Gasteiger partial charge in [0.2, 0.25) is 0 Å². The highest BCUT2D eigenvalue weighted by Gasteiger charge is 2.22. The molecule has 0 amide bonds. The van der Waals surface area contributed by atoms with E-state index in [0.717, 1.165) is 6.54 Å². The summed E-state index contributed by atoms with van der Waals surface area (Å²) in [7, 11) is 0. The van der Waals surface area contributed by atoms with E-state index in [1.807, 2.05) is 0 Å². The summed E-state index contributed by atoms with van der Waals surface area (Å²) in [6.45, 7) is 8.96. The number of hydrogen-bond donors (Lipinski definition) is 1. The normalized spacial score (nSPS) is 21.5. The van der Waals surface area contributed by atoms with Crippen LogP contribution in [0.5, 0.6) is 0 Å². The summed E-state index contributed by atoms with van der Waals surface area (Å²) < 4.78 is 1.17. The van der Waals surface area contributed by atoms with Crippen LogP contribution in [0.4, 0.5) is 5.69 Å². The molecule has 2 unspecified atom stereocenters. The van der Waals surface area contributed by atoms with Crippen molar-refractivity contribution in [2.45, 2.75) is 52.1 Å². The van der Waals surface area contributed by atoms with Crippen molar-refractivity contribution in [3.05, 3.63) is 28.2 Å². The third-order valence-corrected chi connectivity index (χ3v) is 4.57. The van der Waals surface area contributed by atoms with Gasteiger partial charge in [-0.3, -0.25) is 0 Å². The summed E-state index contributed by atoms with van der Waals surface area (Å²) in [6.07, 6.45) is 3.98. The molecule has 1 heterocycles. The smallest absolute Gasteiger partial charge is 0.0428 e. The molecule has 0 aromatic heterocycles. The Balaban J connectivity index is 2.33. The Morgan fingerprint density at radius 3 is 2.89 bits per heavy atom. The van der Waals surface area contributed by atoms with Crippen LogP contribution in [-0.4, -0.2) is 19.1 Å². The van der Waals surface area contributed by atoms with Crippen molar-refractivity contribution in [2.24, 2.45) is 0 Å². The van der Waals surface area contributed by atoms with Crippen molar-refractivity contribution in [2.75, 3.05) is 18.0 Å². The van der Waals surface area contributed by atoms with Gasteiger partial charge in [-0.25, -0.2) is 0 Å². The first kappa shape index (κ1) is 14.9. The molecule has 0 radical (unpaired) electrons. The van der Waals surface area contributed by atoms with E-state index in [9.17, 15) is 0 Å². The first-order valence-corrected chi connectivity index (χ1v) is 8.22. The highest BCUT2D eigenvalue weighted by Crippen LogP contribution is 2.33. The van der Waals surface area contributed by atoms with E-state index >= 15 is 0 Å². The van der Waals surface area contributed by atoms with Gasteiger partial charge in [0.05, 0.1) is 0 Å². The lowest BCUT2D eigenvalue weighted by Crippen LogP contribution is -2.38. The predicted molar refractivity (Wildman–Crippen MR) is 86.9 cm³/mol. The van der Waals surface area contributed by atoms with E-state index in [1.54, 1.807) is 0 Å². The molecule has 0 saturated carbocycles. The van der Waals surface area contributed by atoms with Crippen LogP contribution in [0.3, 0.4) is 0 Å². The lowest BCUT2D eigenvalue weighted by Gasteiger charge is -2.37. The fourth-order valence-electron chi connectivity index (χ4n) is 3.00. The van der Waals surface area contributed by atoms with Crippen molar-refractivity contribution in [1.29, 1.82) is 0 Å². The molecule has 2 rings (SSSR count). The lowest BCUT2D eigenvalue weighted by molar-refractivity contribution is 0.481. The molecule has 1 aromatic rings. The summed E-state index contributed by atoms with van der Waals surface area (Å²) in [5, 5.41) is 3.53. The van der Waals surface area contributed by atoms with Crippen LogP contribution in [0.2, 0.25) is 0 Å². The SMILES string of the molecule is CCNC(C)c1ccc(Br)cc1N1CCCCC1C. The first-order valence-electron chi connectivity index (χ1n) is 7.43. The fraction of sp³-hybridized carbons (Fsp3) is 0.625. The number of hydrogen-bond acceptors (Lipinski definition) is 2. The molecule has 1 aliphatic heterocycles. The monoisotopic (exact) mass is 324 g/mol. The lowest BCUT2D eigenvalue weighted by atomic mass is 9.99. The minimum Gasteiger partial charge on any atom is -0.369 e. The van der Waals surface area contributed by atoms with Crippen LogP contribution >= 0.6 is 15.9 Å². The van der Waals surface area contributed by atoms with Gasteiger partial charge in [-0.1, -0.05) is 28.9 Å². The molecule has 106 valence electrons. The van der Waals surface area contributed by atoms with Crippen LogP contribution in [0.1, 0.15) is 51.6 Å². The van der Waals surface area contributed by atoms with Gasteiger partial charge in [0.15, 0.2) is 0 Å². The summed E-state index contributed by atoms with van der Waals surface area (Å²) in [6, 6.07) is 7.75. The van der Waals surface area contributed by atoms with E-state index in [0.29, 0.717) is 12.1 Å². The third kappa shape index (κ3) is 3.51. The molecule has 0 bridgehead atoms. The third-order valence-electron chi connectivity index (χ3n) is 4.08. The number of benzene rings is 1.